The van der Waals surface area contributed by atoms with Gasteiger partial charge in [-0.05, 0) is 37.0 Å². The van der Waals surface area contributed by atoms with Crippen molar-refractivity contribution in [3.63, 3.8) is 0 Å². The molecule has 0 spiro atoms. The summed E-state index contributed by atoms with van der Waals surface area (Å²) >= 11 is 0. The van der Waals surface area contributed by atoms with Crippen LogP contribution in [0.3, 0.4) is 0 Å². The molecule has 3 nitrogen and oxygen atoms in total. The molecule has 2 aromatic rings. The highest BCUT2D eigenvalue weighted by Gasteiger charge is 2.15. The van der Waals surface area contributed by atoms with Crippen molar-refractivity contribution in [3.8, 4) is 5.75 Å². The Kier molecular flexibility index (Phi) is 11.7. The fraction of sp³-hybridized carbons (Fsp3) is 0.519. The Labute approximate surface area is 183 Å². The van der Waals surface area contributed by atoms with Gasteiger partial charge in [-0.2, -0.15) is 0 Å². The average molecular weight is 410 g/mol. The van der Waals surface area contributed by atoms with Crippen LogP contribution in [0.2, 0.25) is 0 Å². The van der Waals surface area contributed by atoms with E-state index in [1.165, 1.54) is 56.9 Å². The first kappa shape index (κ1) is 24.0. The summed E-state index contributed by atoms with van der Waals surface area (Å²) in [6.07, 6.45) is 13.5. The van der Waals surface area contributed by atoms with Crippen LogP contribution in [0.25, 0.3) is 0 Å². The van der Waals surface area contributed by atoms with Crippen molar-refractivity contribution in [1.29, 1.82) is 0 Å². The Morgan fingerprint density at radius 3 is 2.17 bits per heavy atom. The molecule has 0 aliphatic rings. The van der Waals surface area contributed by atoms with Crippen LogP contribution in [0, 0.1) is 0 Å². The van der Waals surface area contributed by atoms with E-state index >= 15 is 0 Å². The van der Waals surface area contributed by atoms with Gasteiger partial charge >= 0.3 is 0 Å². The van der Waals surface area contributed by atoms with Crippen LogP contribution < -0.4 is 4.74 Å². The molecule has 0 saturated heterocycles. The van der Waals surface area contributed by atoms with Crippen molar-refractivity contribution in [2.75, 3.05) is 6.61 Å². The highest BCUT2D eigenvalue weighted by molar-refractivity contribution is 6.14. The molecular weight excluding hydrogens is 370 g/mol. The van der Waals surface area contributed by atoms with Crippen molar-refractivity contribution in [2.24, 2.45) is 5.16 Å². The normalized spacial score (nSPS) is 11.6. The van der Waals surface area contributed by atoms with Gasteiger partial charge in [0.15, 0.2) is 0 Å². The fourth-order valence-electron chi connectivity index (χ4n) is 3.73. The lowest BCUT2D eigenvalue weighted by molar-refractivity contribution is 0.303. The summed E-state index contributed by atoms with van der Waals surface area (Å²) in [7, 11) is 0. The molecule has 1 N–H and O–H groups in total. The Hall–Kier alpha value is -2.29. The number of unbranched alkanes of at least 4 members (excludes halogenated alkanes) is 8. The number of ether oxygens (including phenoxy) is 1. The van der Waals surface area contributed by atoms with Gasteiger partial charge in [-0.3, -0.25) is 0 Å². The van der Waals surface area contributed by atoms with Crippen LogP contribution in [0.4, 0.5) is 0 Å². The lowest BCUT2D eigenvalue weighted by Gasteiger charge is -2.15. The van der Waals surface area contributed by atoms with Crippen LogP contribution in [0.5, 0.6) is 5.75 Å². The number of nitrogens with zero attached hydrogens (tertiary/aromatic N) is 1. The molecule has 30 heavy (non-hydrogen) atoms. The van der Waals surface area contributed by atoms with Crippen LogP contribution in [-0.2, 0) is 6.42 Å². The maximum absolute atomic E-state index is 9.81. The van der Waals surface area contributed by atoms with E-state index in [0.717, 1.165) is 36.1 Å². The van der Waals surface area contributed by atoms with E-state index < -0.39 is 0 Å². The molecule has 0 saturated carbocycles. The van der Waals surface area contributed by atoms with E-state index in [9.17, 15) is 5.21 Å². The van der Waals surface area contributed by atoms with Crippen LogP contribution in [0.15, 0.2) is 53.7 Å². The van der Waals surface area contributed by atoms with Crippen molar-refractivity contribution in [3.05, 3.63) is 65.2 Å². The van der Waals surface area contributed by atoms with Gasteiger partial charge in [0.1, 0.15) is 11.5 Å². The molecule has 0 aromatic heterocycles. The van der Waals surface area contributed by atoms with Gasteiger partial charge in [0, 0.05) is 11.1 Å². The minimum absolute atomic E-state index is 0.572. The van der Waals surface area contributed by atoms with Gasteiger partial charge < -0.3 is 9.94 Å². The van der Waals surface area contributed by atoms with E-state index in [4.69, 9.17) is 4.74 Å². The molecule has 164 valence electrons. The second-order valence-corrected chi connectivity index (χ2v) is 8.07. The first-order valence-corrected chi connectivity index (χ1v) is 11.8. The van der Waals surface area contributed by atoms with E-state index in [1.807, 2.05) is 36.4 Å². The molecule has 0 atom stereocenters. The zero-order chi connectivity index (χ0) is 21.4. The van der Waals surface area contributed by atoms with Crippen molar-refractivity contribution >= 4 is 5.71 Å². The molecule has 0 fully saturated rings. The molecule has 0 unspecified atom stereocenters. The first-order valence-electron chi connectivity index (χ1n) is 11.8. The Morgan fingerprint density at radius 1 is 0.800 bits per heavy atom. The second kappa shape index (κ2) is 14.7. The number of oxime groups is 1. The van der Waals surface area contributed by atoms with E-state index in [1.54, 1.807) is 0 Å². The Bertz CT molecular complexity index is 740. The molecule has 0 aliphatic heterocycles. The smallest absolute Gasteiger partial charge is 0.128 e. The van der Waals surface area contributed by atoms with Crippen LogP contribution >= 0.6 is 0 Å². The number of hydrogen-bond donors (Lipinski definition) is 1. The summed E-state index contributed by atoms with van der Waals surface area (Å²) in [5, 5.41) is 13.5. The third kappa shape index (κ3) is 8.22. The summed E-state index contributed by atoms with van der Waals surface area (Å²) in [6.45, 7) is 5.13. The molecule has 0 amide bonds. The maximum Gasteiger partial charge on any atom is 0.128 e. The molecule has 2 aromatic carbocycles. The average Bonchev–Trinajstić information content (AvgIpc) is 2.78. The number of aryl methyl sites for hydroxylation is 1. The SMILES string of the molecule is CCCCCCCCCc1ccc(OCCCCC)c(C(=NO)c2ccccc2)c1. The summed E-state index contributed by atoms with van der Waals surface area (Å²) in [6, 6.07) is 16.2. The standard InChI is InChI=1S/C27H39NO2/c1-3-5-7-8-9-10-12-16-23-19-20-26(30-21-15-6-4-2)25(22-23)27(28-29)24-17-13-11-14-18-24/h11,13-14,17-20,22,29H,3-10,12,15-16,21H2,1-2H3. The second-order valence-electron chi connectivity index (χ2n) is 8.07. The highest BCUT2D eigenvalue weighted by Crippen LogP contribution is 2.25. The molecule has 2 rings (SSSR count). The number of hydrogen-bond acceptors (Lipinski definition) is 3. The third-order valence-electron chi connectivity index (χ3n) is 5.52. The van der Waals surface area contributed by atoms with Gasteiger partial charge in [-0.1, -0.05) is 107 Å². The Balaban J connectivity index is 2.09. The summed E-state index contributed by atoms with van der Waals surface area (Å²) in [5.74, 6) is 0.797. The molecular formula is C27H39NO2. The predicted molar refractivity (Wildman–Crippen MR) is 127 cm³/mol. The number of rotatable bonds is 15. The third-order valence-corrected chi connectivity index (χ3v) is 5.52. The summed E-state index contributed by atoms with van der Waals surface area (Å²) in [4.78, 5) is 0. The van der Waals surface area contributed by atoms with Gasteiger partial charge in [0.2, 0.25) is 0 Å². The monoisotopic (exact) mass is 409 g/mol. The van der Waals surface area contributed by atoms with E-state index in [2.05, 4.69) is 31.1 Å². The highest BCUT2D eigenvalue weighted by atomic mass is 16.5. The van der Waals surface area contributed by atoms with Crippen molar-refractivity contribution in [2.45, 2.75) is 84.5 Å². The zero-order valence-corrected chi connectivity index (χ0v) is 18.9. The van der Waals surface area contributed by atoms with Crippen molar-refractivity contribution in [1.82, 2.24) is 0 Å². The largest absolute Gasteiger partial charge is 0.493 e. The summed E-state index contributed by atoms with van der Waals surface area (Å²) in [5.41, 5.74) is 3.62. The fourth-order valence-corrected chi connectivity index (χ4v) is 3.73. The lowest BCUT2D eigenvalue weighted by atomic mass is 9.97. The van der Waals surface area contributed by atoms with Crippen molar-refractivity contribution < 1.29 is 9.94 Å². The molecule has 0 aliphatic carbocycles. The molecule has 0 heterocycles. The van der Waals surface area contributed by atoms with Crippen LogP contribution in [0.1, 0.15) is 94.7 Å². The van der Waals surface area contributed by atoms with Gasteiger partial charge in [-0.25, -0.2) is 0 Å². The zero-order valence-electron chi connectivity index (χ0n) is 18.9. The topological polar surface area (TPSA) is 41.8 Å². The van der Waals surface area contributed by atoms with Gasteiger partial charge in [0.05, 0.1) is 6.61 Å². The minimum Gasteiger partial charge on any atom is -0.493 e. The molecule has 0 radical (unpaired) electrons. The number of benzene rings is 2. The first-order chi connectivity index (χ1) is 14.8. The maximum atomic E-state index is 9.81. The Morgan fingerprint density at radius 2 is 1.47 bits per heavy atom. The predicted octanol–water partition coefficient (Wildman–Crippen LogP) is 7.78. The van der Waals surface area contributed by atoms with Gasteiger partial charge in [0.25, 0.3) is 0 Å². The van der Waals surface area contributed by atoms with Gasteiger partial charge in [-0.15, -0.1) is 0 Å². The molecule has 0 bridgehead atoms. The summed E-state index contributed by atoms with van der Waals surface area (Å²) < 4.78 is 6.09. The van der Waals surface area contributed by atoms with E-state index in [-0.39, 0.29) is 0 Å². The van der Waals surface area contributed by atoms with E-state index in [0.29, 0.717) is 12.3 Å². The minimum atomic E-state index is 0.572. The molecule has 3 heteroatoms. The lowest BCUT2D eigenvalue weighted by Crippen LogP contribution is -2.09. The quantitative estimate of drug-likeness (QED) is 0.141. The van der Waals surface area contributed by atoms with Crippen LogP contribution in [-0.4, -0.2) is 17.5 Å².